The summed E-state index contributed by atoms with van der Waals surface area (Å²) in [6.07, 6.45) is 4.30. The van der Waals surface area contributed by atoms with Crippen LogP contribution in [0.2, 0.25) is 0 Å². The quantitative estimate of drug-likeness (QED) is 0.675. The smallest absolute Gasteiger partial charge is 0.259 e. The molecule has 2 aromatic heterocycles. The topological polar surface area (TPSA) is 74.8 Å². The molecule has 0 fully saturated rings. The maximum absolute atomic E-state index is 11.9. The van der Waals surface area contributed by atoms with Gasteiger partial charge < -0.3 is 10.3 Å². The Morgan fingerprint density at radius 1 is 1.17 bits per heavy atom. The lowest BCUT2D eigenvalue weighted by Crippen LogP contribution is -2.28. The number of aromatic amines is 1. The summed E-state index contributed by atoms with van der Waals surface area (Å²) >= 11 is 0. The molecule has 0 bridgehead atoms. The molecule has 1 aromatic carbocycles. The largest absolute Gasteiger partial charge is 0.369 e. The third-order valence-electron chi connectivity index (χ3n) is 5.35. The van der Waals surface area contributed by atoms with Crippen LogP contribution in [-0.4, -0.2) is 22.8 Å². The van der Waals surface area contributed by atoms with Crippen molar-refractivity contribution in [1.82, 2.24) is 9.97 Å². The number of pyridine rings is 2. The van der Waals surface area contributed by atoms with Gasteiger partial charge in [-0.3, -0.25) is 9.59 Å². The monoisotopic (exact) mass is 317 g/mol. The fraction of sp³-hybridized carbons (Fsp3) is 0.211. The Bertz CT molecular complexity index is 1070. The zero-order valence-corrected chi connectivity index (χ0v) is 12.9. The fourth-order valence-electron chi connectivity index (χ4n) is 4.21. The summed E-state index contributed by atoms with van der Waals surface area (Å²) in [6, 6.07) is 9.98. The number of anilines is 1. The Labute approximate surface area is 137 Å². The first-order valence-corrected chi connectivity index (χ1v) is 8.02. The molecule has 0 unspecified atom stereocenters. The molecule has 118 valence electrons. The summed E-state index contributed by atoms with van der Waals surface area (Å²) in [6.45, 7) is 0.875. The van der Waals surface area contributed by atoms with Gasteiger partial charge in [-0.2, -0.15) is 0 Å². The van der Waals surface area contributed by atoms with E-state index in [9.17, 15) is 9.59 Å². The molecule has 24 heavy (non-hydrogen) atoms. The Hall–Kier alpha value is -2.95. The second-order valence-electron chi connectivity index (χ2n) is 6.77. The van der Waals surface area contributed by atoms with Crippen LogP contribution in [0.25, 0.3) is 10.9 Å². The normalized spacial score (nSPS) is 20.8. The lowest BCUT2D eigenvalue weighted by molar-refractivity contribution is 0.112. The second kappa shape index (κ2) is 4.54. The van der Waals surface area contributed by atoms with Crippen molar-refractivity contribution >= 4 is 23.0 Å². The molecular formula is C19H15N3O2. The third kappa shape index (κ3) is 1.72. The lowest BCUT2D eigenvalue weighted by Gasteiger charge is -2.22. The molecule has 1 aliphatic heterocycles. The zero-order valence-electron chi connectivity index (χ0n) is 12.9. The number of carbonyl (C=O) groups is 1. The van der Waals surface area contributed by atoms with Crippen LogP contribution in [0.1, 0.15) is 27.0 Å². The van der Waals surface area contributed by atoms with Gasteiger partial charge in [0.25, 0.3) is 5.56 Å². The van der Waals surface area contributed by atoms with Crippen LogP contribution in [0.3, 0.4) is 0 Å². The third-order valence-corrected chi connectivity index (χ3v) is 5.35. The zero-order chi connectivity index (χ0) is 16.3. The van der Waals surface area contributed by atoms with Crippen LogP contribution in [-0.2, 0) is 18.3 Å². The van der Waals surface area contributed by atoms with E-state index >= 15 is 0 Å². The average molecular weight is 317 g/mol. The highest BCUT2D eigenvalue weighted by Gasteiger charge is 2.44. The highest BCUT2D eigenvalue weighted by Crippen LogP contribution is 2.46. The summed E-state index contributed by atoms with van der Waals surface area (Å²) < 4.78 is 0. The molecular weight excluding hydrogens is 302 g/mol. The van der Waals surface area contributed by atoms with Crippen LogP contribution < -0.4 is 10.9 Å². The molecule has 2 aliphatic rings. The van der Waals surface area contributed by atoms with E-state index in [4.69, 9.17) is 0 Å². The van der Waals surface area contributed by atoms with Gasteiger partial charge in [-0.05, 0) is 53.6 Å². The molecule has 5 rings (SSSR count). The number of aromatic nitrogens is 2. The number of nitrogens with zero attached hydrogens (tertiary/aromatic N) is 1. The fourth-order valence-corrected chi connectivity index (χ4v) is 4.21. The number of hydrogen-bond donors (Lipinski definition) is 2. The number of hydrogen-bond acceptors (Lipinski definition) is 4. The molecule has 0 radical (unpaired) electrons. The summed E-state index contributed by atoms with van der Waals surface area (Å²) in [7, 11) is 0. The van der Waals surface area contributed by atoms with Crippen molar-refractivity contribution in [2.24, 2.45) is 0 Å². The number of carbonyl (C=O) groups excluding carboxylic acids is 1. The number of H-pyrrole nitrogens is 1. The van der Waals surface area contributed by atoms with Gasteiger partial charge in [-0.1, -0.05) is 6.07 Å². The average Bonchev–Trinajstić information content (AvgIpc) is 3.13. The molecule has 0 saturated carbocycles. The van der Waals surface area contributed by atoms with Crippen molar-refractivity contribution in [3.8, 4) is 0 Å². The standard InChI is InChI=1S/C19H15N3O2/c23-9-14-5-11-4-12-7-19(8-13(12)6-16(11)22-18(14)24)10-21-17-15(19)2-1-3-20-17/h1-6,9H,7-8,10H2,(H,20,21)(H,22,24)/t19-/m1/s1. The van der Waals surface area contributed by atoms with Gasteiger partial charge in [0, 0.05) is 29.2 Å². The number of rotatable bonds is 1. The minimum Gasteiger partial charge on any atom is -0.369 e. The highest BCUT2D eigenvalue weighted by molar-refractivity contribution is 5.87. The van der Waals surface area contributed by atoms with Crippen molar-refractivity contribution in [3.63, 3.8) is 0 Å². The van der Waals surface area contributed by atoms with Gasteiger partial charge in [0.15, 0.2) is 6.29 Å². The Kier molecular flexibility index (Phi) is 2.55. The van der Waals surface area contributed by atoms with Crippen molar-refractivity contribution < 1.29 is 4.79 Å². The van der Waals surface area contributed by atoms with E-state index < -0.39 is 0 Å². The van der Waals surface area contributed by atoms with Gasteiger partial charge in [-0.25, -0.2) is 4.98 Å². The maximum atomic E-state index is 11.9. The van der Waals surface area contributed by atoms with Gasteiger partial charge in [0.05, 0.1) is 5.56 Å². The molecule has 3 aromatic rings. The number of benzene rings is 1. The van der Waals surface area contributed by atoms with E-state index in [-0.39, 0.29) is 16.5 Å². The van der Waals surface area contributed by atoms with E-state index in [0.29, 0.717) is 6.29 Å². The molecule has 0 saturated heterocycles. The SMILES string of the molecule is O=Cc1cc2cc3c(cc2[nH]c1=O)C[C@@]1(CNc2ncccc21)C3. The summed E-state index contributed by atoms with van der Waals surface area (Å²) in [5, 5.41) is 4.33. The van der Waals surface area contributed by atoms with Crippen LogP contribution in [0.15, 0.2) is 41.3 Å². The van der Waals surface area contributed by atoms with Gasteiger partial charge in [0.1, 0.15) is 5.82 Å². The van der Waals surface area contributed by atoms with Crippen LogP contribution in [0, 0.1) is 0 Å². The summed E-state index contributed by atoms with van der Waals surface area (Å²) in [5.41, 5.74) is 4.48. The van der Waals surface area contributed by atoms with Gasteiger partial charge in [-0.15, -0.1) is 0 Å². The van der Waals surface area contributed by atoms with E-state index in [1.165, 1.54) is 16.7 Å². The Morgan fingerprint density at radius 2 is 2.00 bits per heavy atom. The van der Waals surface area contributed by atoms with Crippen LogP contribution in [0.4, 0.5) is 5.82 Å². The molecule has 1 atom stereocenters. The molecule has 1 aliphatic carbocycles. The van der Waals surface area contributed by atoms with Crippen LogP contribution in [0.5, 0.6) is 0 Å². The first kappa shape index (κ1) is 13.5. The van der Waals surface area contributed by atoms with Crippen molar-refractivity contribution in [1.29, 1.82) is 0 Å². The Morgan fingerprint density at radius 3 is 2.83 bits per heavy atom. The van der Waals surface area contributed by atoms with Crippen molar-refractivity contribution in [3.05, 3.63) is 69.1 Å². The molecule has 1 spiro atoms. The van der Waals surface area contributed by atoms with E-state index in [1.807, 2.05) is 12.3 Å². The van der Waals surface area contributed by atoms with Gasteiger partial charge >= 0.3 is 0 Å². The van der Waals surface area contributed by atoms with Crippen molar-refractivity contribution in [2.45, 2.75) is 18.3 Å². The second-order valence-corrected chi connectivity index (χ2v) is 6.77. The molecule has 2 N–H and O–H groups in total. The predicted molar refractivity (Wildman–Crippen MR) is 91.8 cm³/mol. The number of aldehydes is 1. The van der Waals surface area contributed by atoms with E-state index in [2.05, 4.69) is 33.5 Å². The van der Waals surface area contributed by atoms with Gasteiger partial charge in [0.2, 0.25) is 0 Å². The maximum Gasteiger partial charge on any atom is 0.259 e. The molecule has 5 heteroatoms. The van der Waals surface area contributed by atoms with E-state index in [1.54, 1.807) is 6.07 Å². The van der Waals surface area contributed by atoms with Crippen molar-refractivity contribution in [2.75, 3.05) is 11.9 Å². The number of nitrogens with one attached hydrogen (secondary N) is 2. The van der Waals surface area contributed by atoms with Crippen LogP contribution >= 0.6 is 0 Å². The minimum atomic E-state index is -0.331. The number of fused-ring (bicyclic) bond motifs is 4. The summed E-state index contributed by atoms with van der Waals surface area (Å²) in [4.78, 5) is 30.1. The summed E-state index contributed by atoms with van der Waals surface area (Å²) in [5.74, 6) is 0.978. The Balaban J connectivity index is 1.66. The predicted octanol–water partition coefficient (Wildman–Crippen LogP) is 2.20. The highest BCUT2D eigenvalue weighted by atomic mass is 16.1. The molecule has 0 amide bonds. The molecule has 5 nitrogen and oxygen atoms in total. The minimum absolute atomic E-state index is 0.0388. The first-order chi connectivity index (χ1) is 11.7. The van der Waals surface area contributed by atoms with E-state index in [0.717, 1.165) is 36.1 Å². The first-order valence-electron chi connectivity index (χ1n) is 8.02. The lowest BCUT2D eigenvalue weighted by atomic mass is 9.80. The molecule has 3 heterocycles.